The minimum Gasteiger partial charge on any atom is -0.379 e. The number of hydrogen-bond acceptors (Lipinski definition) is 8. The molecule has 2 rings (SSSR count). The molecule has 0 saturated carbocycles. The monoisotopic (exact) mass is 211 g/mol. The summed E-state index contributed by atoms with van der Waals surface area (Å²) < 4.78 is 14.4. The SMILES string of the molecule is COC(C)c1noc(-c2nonc2N)n1. The maximum Gasteiger partial charge on any atom is 0.284 e. The van der Waals surface area contributed by atoms with E-state index < -0.39 is 0 Å². The van der Waals surface area contributed by atoms with Crippen LogP contribution in [0.5, 0.6) is 0 Å². The molecule has 0 saturated heterocycles. The number of hydrogen-bond donors (Lipinski definition) is 1. The lowest BCUT2D eigenvalue weighted by molar-refractivity contribution is 0.109. The van der Waals surface area contributed by atoms with Crippen LogP contribution in [-0.4, -0.2) is 27.6 Å². The molecule has 2 aromatic rings. The Morgan fingerprint density at radius 3 is 2.73 bits per heavy atom. The van der Waals surface area contributed by atoms with Crippen molar-refractivity contribution in [2.24, 2.45) is 0 Å². The van der Waals surface area contributed by atoms with Crippen LogP contribution in [0.25, 0.3) is 11.6 Å². The summed E-state index contributed by atoms with van der Waals surface area (Å²) in [6.45, 7) is 1.79. The highest BCUT2D eigenvalue weighted by Crippen LogP contribution is 2.21. The van der Waals surface area contributed by atoms with Crippen LogP contribution < -0.4 is 5.73 Å². The molecule has 0 aliphatic carbocycles. The fourth-order valence-corrected chi connectivity index (χ4v) is 0.945. The highest BCUT2D eigenvalue weighted by molar-refractivity contribution is 5.60. The molecule has 0 aromatic carbocycles. The van der Waals surface area contributed by atoms with Crippen LogP contribution in [-0.2, 0) is 4.74 Å². The van der Waals surface area contributed by atoms with Crippen LogP contribution in [0.2, 0.25) is 0 Å². The Hall–Kier alpha value is -1.96. The second kappa shape index (κ2) is 3.65. The van der Waals surface area contributed by atoms with Gasteiger partial charge >= 0.3 is 0 Å². The van der Waals surface area contributed by atoms with E-state index in [4.69, 9.17) is 15.0 Å². The summed E-state index contributed by atoms with van der Waals surface area (Å²) in [5, 5.41) is 10.6. The van der Waals surface area contributed by atoms with Crippen molar-refractivity contribution < 1.29 is 13.9 Å². The van der Waals surface area contributed by atoms with Crippen molar-refractivity contribution in [3.8, 4) is 11.6 Å². The van der Waals surface area contributed by atoms with Gasteiger partial charge in [-0.15, -0.1) is 0 Å². The van der Waals surface area contributed by atoms with Gasteiger partial charge in [0, 0.05) is 7.11 Å². The number of nitrogen functional groups attached to an aromatic ring is 1. The summed E-state index contributed by atoms with van der Waals surface area (Å²) in [4.78, 5) is 4.04. The number of aromatic nitrogens is 4. The third-order valence-electron chi connectivity index (χ3n) is 1.88. The van der Waals surface area contributed by atoms with Crippen LogP contribution in [0, 0.1) is 0 Å². The normalized spacial score (nSPS) is 12.9. The minimum atomic E-state index is -0.261. The zero-order chi connectivity index (χ0) is 10.8. The largest absolute Gasteiger partial charge is 0.379 e. The third-order valence-corrected chi connectivity index (χ3v) is 1.88. The predicted octanol–water partition coefficient (Wildman–Crippen LogP) is 0.409. The van der Waals surface area contributed by atoms with E-state index in [-0.39, 0.29) is 23.5 Å². The van der Waals surface area contributed by atoms with E-state index in [1.807, 2.05) is 0 Å². The van der Waals surface area contributed by atoms with Crippen LogP contribution in [0.1, 0.15) is 18.9 Å². The van der Waals surface area contributed by atoms with Gasteiger partial charge in [-0.3, -0.25) is 0 Å². The average molecular weight is 211 g/mol. The Morgan fingerprint density at radius 1 is 1.33 bits per heavy atom. The summed E-state index contributed by atoms with van der Waals surface area (Å²) in [5.41, 5.74) is 5.70. The Bertz CT molecular complexity index is 451. The quantitative estimate of drug-likeness (QED) is 0.776. The smallest absolute Gasteiger partial charge is 0.284 e. The van der Waals surface area contributed by atoms with Crippen molar-refractivity contribution >= 4 is 5.82 Å². The van der Waals surface area contributed by atoms with Gasteiger partial charge in [-0.2, -0.15) is 4.98 Å². The molecular weight excluding hydrogens is 202 g/mol. The van der Waals surface area contributed by atoms with Crippen LogP contribution in [0.4, 0.5) is 5.82 Å². The van der Waals surface area contributed by atoms with Gasteiger partial charge in [-0.25, -0.2) is 4.63 Å². The molecule has 2 aromatic heterocycles. The van der Waals surface area contributed by atoms with E-state index in [1.165, 1.54) is 0 Å². The first-order chi connectivity index (χ1) is 7.22. The molecule has 0 fully saturated rings. The molecule has 2 N–H and O–H groups in total. The number of anilines is 1. The molecule has 0 aliphatic heterocycles. The van der Waals surface area contributed by atoms with Crippen LogP contribution >= 0.6 is 0 Å². The number of methoxy groups -OCH3 is 1. The molecule has 80 valence electrons. The fourth-order valence-electron chi connectivity index (χ4n) is 0.945. The van der Waals surface area contributed by atoms with Gasteiger partial charge in [-0.1, -0.05) is 5.16 Å². The van der Waals surface area contributed by atoms with Gasteiger partial charge in [0.1, 0.15) is 6.10 Å². The zero-order valence-corrected chi connectivity index (χ0v) is 8.17. The molecule has 0 aliphatic rings. The van der Waals surface area contributed by atoms with Gasteiger partial charge in [0.25, 0.3) is 5.89 Å². The van der Waals surface area contributed by atoms with Crippen LogP contribution in [0.15, 0.2) is 9.15 Å². The summed E-state index contributed by atoms with van der Waals surface area (Å²) >= 11 is 0. The Balaban J connectivity index is 2.32. The summed E-state index contributed by atoms with van der Waals surface area (Å²) in [7, 11) is 1.55. The first-order valence-corrected chi connectivity index (χ1v) is 4.17. The van der Waals surface area contributed by atoms with Crippen molar-refractivity contribution in [2.45, 2.75) is 13.0 Å². The van der Waals surface area contributed by atoms with E-state index in [9.17, 15) is 0 Å². The van der Waals surface area contributed by atoms with Gasteiger partial charge in [0.2, 0.25) is 17.3 Å². The van der Waals surface area contributed by atoms with Gasteiger partial charge in [0.15, 0.2) is 0 Å². The molecule has 0 bridgehead atoms. The lowest BCUT2D eigenvalue weighted by Crippen LogP contribution is -1.98. The van der Waals surface area contributed by atoms with Gasteiger partial charge < -0.3 is 15.0 Å². The molecule has 8 heteroatoms. The number of rotatable bonds is 3. The Morgan fingerprint density at radius 2 is 2.13 bits per heavy atom. The van der Waals surface area contributed by atoms with Crippen molar-refractivity contribution in [3.63, 3.8) is 0 Å². The molecule has 8 nitrogen and oxygen atoms in total. The van der Waals surface area contributed by atoms with Gasteiger partial charge in [-0.05, 0) is 17.2 Å². The predicted molar refractivity (Wildman–Crippen MR) is 47.4 cm³/mol. The summed E-state index contributed by atoms with van der Waals surface area (Å²) in [6.07, 6.45) is -0.261. The molecule has 15 heavy (non-hydrogen) atoms. The number of nitrogens with zero attached hydrogens (tertiary/aromatic N) is 4. The van der Waals surface area contributed by atoms with E-state index in [2.05, 4.69) is 25.1 Å². The summed E-state index contributed by atoms with van der Waals surface area (Å²) in [5.74, 6) is 0.679. The van der Waals surface area contributed by atoms with Crippen molar-refractivity contribution in [1.29, 1.82) is 0 Å². The van der Waals surface area contributed by atoms with E-state index in [0.29, 0.717) is 5.82 Å². The molecule has 0 radical (unpaired) electrons. The average Bonchev–Trinajstić information content (AvgIpc) is 2.84. The van der Waals surface area contributed by atoms with Crippen molar-refractivity contribution in [1.82, 2.24) is 20.5 Å². The second-order valence-electron chi connectivity index (χ2n) is 2.83. The third kappa shape index (κ3) is 1.66. The first-order valence-electron chi connectivity index (χ1n) is 4.17. The Labute approximate surface area is 84.4 Å². The summed E-state index contributed by atoms with van der Waals surface area (Å²) in [6, 6.07) is 0. The standard InChI is InChI=1S/C7H9N5O3/c1-3(13-2)6-9-7(14-12-6)4-5(8)11-15-10-4/h3H,1-2H3,(H2,8,11). The van der Waals surface area contributed by atoms with E-state index in [0.717, 1.165) is 0 Å². The first kappa shape index (κ1) is 9.59. The number of ether oxygens (including phenoxy) is 1. The topological polar surface area (TPSA) is 113 Å². The minimum absolute atomic E-state index is 0.107. The zero-order valence-electron chi connectivity index (χ0n) is 8.17. The van der Waals surface area contributed by atoms with E-state index in [1.54, 1.807) is 14.0 Å². The van der Waals surface area contributed by atoms with Crippen molar-refractivity contribution in [2.75, 3.05) is 12.8 Å². The maximum absolute atomic E-state index is 5.46. The van der Waals surface area contributed by atoms with Crippen LogP contribution in [0.3, 0.4) is 0 Å². The lowest BCUT2D eigenvalue weighted by atomic mass is 10.4. The molecular formula is C7H9N5O3. The fraction of sp³-hybridized carbons (Fsp3) is 0.429. The molecule has 0 spiro atoms. The molecule has 0 amide bonds. The highest BCUT2D eigenvalue weighted by Gasteiger charge is 2.19. The van der Waals surface area contributed by atoms with Crippen molar-refractivity contribution in [3.05, 3.63) is 5.82 Å². The second-order valence-corrected chi connectivity index (χ2v) is 2.83. The maximum atomic E-state index is 5.46. The molecule has 2 heterocycles. The lowest BCUT2D eigenvalue weighted by Gasteiger charge is -2.00. The number of nitrogens with two attached hydrogens (primary N) is 1. The van der Waals surface area contributed by atoms with E-state index >= 15 is 0 Å². The Kier molecular flexibility index (Phi) is 2.34. The highest BCUT2D eigenvalue weighted by atomic mass is 16.6. The molecule has 1 unspecified atom stereocenters. The molecule has 1 atom stereocenters. The van der Waals surface area contributed by atoms with Gasteiger partial charge in [0.05, 0.1) is 0 Å².